The van der Waals surface area contributed by atoms with Crippen molar-refractivity contribution in [2.75, 3.05) is 6.54 Å². The second-order valence-corrected chi connectivity index (χ2v) is 2.79. The second kappa shape index (κ2) is 4.02. The van der Waals surface area contributed by atoms with Gasteiger partial charge in [-0.05, 0) is 31.2 Å². The predicted octanol–water partition coefficient (Wildman–Crippen LogP) is 2.39. The minimum Gasteiger partial charge on any atom is -0.387 e. The van der Waals surface area contributed by atoms with Gasteiger partial charge in [-0.25, -0.2) is 0 Å². The molecule has 1 rings (SSSR count). The molecule has 0 aromatic carbocycles. The summed E-state index contributed by atoms with van der Waals surface area (Å²) < 4.78 is 0. The molecule has 0 saturated heterocycles. The van der Waals surface area contributed by atoms with Gasteiger partial charge in [-0.1, -0.05) is 24.6 Å². The van der Waals surface area contributed by atoms with E-state index in [1.165, 1.54) is 11.1 Å². The molecule has 0 aromatic heterocycles. The number of hydrogen-bond acceptors (Lipinski definition) is 1. The van der Waals surface area contributed by atoms with Gasteiger partial charge in [-0.15, -0.1) is 0 Å². The SMILES string of the molecule is CC/C=C(C)\C=C1\C=CNC1. The summed E-state index contributed by atoms with van der Waals surface area (Å²) >= 11 is 0. The molecule has 1 aliphatic heterocycles. The summed E-state index contributed by atoms with van der Waals surface area (Å²) in [6, 6.07) is 0. The fourth-order valence-electron chi connectivity index (χ4n) is 1.17. The minimum atomic E-state index is 0.981. The molecule has 1 aliphatic rings. The van der Waals surface area contributed by atoms with Crippen molar-refractivity contribution in [1.29, 1.82) is 0 Å². The molecule has 0 spiro atoms. The Morgan fingerprint density at radius 1 is 1.73 bits per heavy atom. The highest BCUT2D eigenvalue weighted by Crippen LogP contribution is 2.06. The molecule has 0 atom stereocenters. The van der Waals surface area contributed by atoms with Crippen LogP contribution < -0.4 is 5.32 Å². The van der Waals surface area contributed by atoms with Gasteiger partial charge in [0.2, 0.25) is 0 Å². The van der Waals surface area contributed by atoms with Gasteiger partial charge < -0.3 is 5.32 Å². The Morgan fingerprint density at radius 2 is 2.55 bits per heavy atom. The van der Waals surface area contributed by atoms with E-state index < -0.39 is 0 Å². The summed E-state index contributed by atoms with van der Waals surface area (Å²) in [7, 11) is 0. The maximum atomic E-state index is 3.14. The van der Waals surface area contributed by atoms with E-state index >= 15 is 0 Å². The maximum absolute atomic E-state index is 3.14. The third-order valence-corrected chi connectivity index (χ3v) is 1.66. The summed E-state index contributed by atoms with van der Waals surface area (Å²) in [6.07, 6.45) is 9.68. The summed E-state index contributed by atoms with van der Waals surface area (Å²) in [5, 5.41) is 3.14. The van der Waals surface area contributed by atoms with Crippen LogP contribution in [0.25, 0.3) is 0 Å². The van der Waals surface area contributed by atoms with E-state index in [0.29, 0.717) is 0 Å². The van der Waals surface area contributed by atoms with Crippen LogP contribution in [0.1, 0.15) is 20.3 Å². The van der Waals surface area contributed by atoms with Crippen molar-refractivity contribution < 1.29 is 0 Å². The molecule has 11 heavy (non-hydrogen) atoms. The summed E-state index contributed by atoms with van der Waals surface area (Å²) in [5.41, 5.74) is 2.73. The Morgan fingerprint density at radius 3 is 3.09 bits per heavy atom. The molecule has 0 unspecified atom stereocenters. The quantitative estimate of drug-likeness (QED) is 0.635. The average molecular weight is 149 g/mol. The predicted molar refractivity (Wildman–Crippen MR) is 49.3 cm³/mol. The van der Waals surface area contributed by atoms with Crippen molar-refractivity contribution in [3.05, 3.63) is 35.6 Å². The first-order valence-electron chi connectivity index (χ1n) is 4.10. The highest BCUT2D eigenvalue weighted by molar-refractivity contribution is 5.32. The lowest BCUT2D eigenvalue weighted by atomic mass is 10.1. The first kappa shape index (κ1) is 8.12. The fourth-order valence-corrected chi connectivity index (χ4v) is 1.17. The van der Waals surface area contributed by atoms with Crippen molar-refractivity contribution in [3.63, 3.8) is 0 Å². The Kier molecular flexibility index (Phi) is 2.96. The van der Waals surface area contributed by atoms with Gasteiger partial charge >= 0.3 is 0 Å². The van der Waals surface area contributed by atoms with Crippen molar-refractivity contribution in [3.8, 4) is 0 Å². The molecule has 1 nitrogen and oxygen atoms in total. The molecule has 0 fully saturated rings. The monoisotopic (exact) mass is 149 g/mol. The molecule has 0 radical (unpaired) electrons. The Labute approximate surface area is 68.5 Å². The van der Waals surface area contributed by atoms with Crippen molar-refractivity contribution in [2.24, 2.45) is 0 Å². The van der Waals surface area contributed by atoms with Gasteiger partial charge in [0.1, 0.15) is 0 Å². The highest BCUT2D eigenvalue weighted by atomic mass is 14.8. The second-order valence-electron chi connectivity index (χ2n) is 2.79. The molecular formula is C10H15N. The standard InChI is InChI=1S/C10H15N/c1-3-4-9(2)7-10-5-6-11-8-10/h4-7,11H,3,8H2,1-2H3/b9-4-,10-7-. The maximum Gasteiger partial charge on any atom is 0.0395 e. The van der Waals surface area contributed by atoms with E-state index in [4.69, 9.17) is 0 Å². The van der Waals surface area contributed by atoms with Crippen molar-refractivity contribution in [1.82, 2.24) is 5.32 Å². The van der Waals surface area contributed by atoms with Gasteiger partial charge in [-0.2, -0.15) is 0 Å². The molecule has 0 aliphatic carbocycles. The average Bonchev–Trinajstić information content (AvgIpc) is 2.40. The summed E-state index contributed by atoms with van der Waals surface area (Å²) in [4.78, 5) is 0. The minimum absolute atomic E-state index is 0.981. The van der Waals surface area contributed by atoms with Crippen LogP contribution in [0.2, 0.25) is 0 Å². The lowest BCUT2D eigenvalue weighted by molar-refractivity contribution is 1.00. The van der Waals surface area contributed by atoms with Crippen LogP contribution in [0.5, 0.6) is 0 Å². The molecule has 0 aromatic rings. The smallest absolute Gasteiger partial charge is 0.0395 e. The highest BCUT2D eigenvalue weighted by Gasteiger charge is 1.96. The van der Waals surface area contributed by atoms with E-state index in [1.54, 1.807) is 0 Å². The molecule has 1 heteroatoms. The topological polar surface area (TPSA) is 12.0 Å². The fraction of sp³-hybridized carbons (Fsp3) is 0.400. The van der Waals surface area contributed by atoms with E-state index in [0.717, 1.165) is 13.0 Å². The number of hydrogen-bond donors (Lipinski definition) is 1. The molecule has 60 valence electrons. The lowest BCUT2D eigenvalue weighted by Crippen LogP contribution is -2.00. The Balaban J connectivity index is 2.57. The molecular weight excluding hydrogens is 134 g/mol. The zero-order valence-corrected chi connectivity index (χ0v) is 7.22. The van der Waals surface area contributed by atoms with Crippen LogP contribution >= 0.6 is 0 Å². The van der Waals surface area contributed by atoms with Crippen LogP contribution in [0.3, 0.4) is 0 Å². The van der Waals surface area contributed by atoms with Crippen LogP contribution in [-0.2, 0) is 0 Å². The lowest BCUT2D eigenvalue weighted by Gasteiger charge is -1.94. The Hall–Kier alpha value is -0.980. The largest absolute Gasteiger partial charge is 0.387 e. The molecule has 0 amide bonds. The van der Waals surface area contributed by atoms with Crippen LogP contribution in [0, 0.1) is 0 Å². The van der Waals surface area contributed by atoms with Crippen molar-refractivity contribution in [2.45, 2.75) is 20.3 Å². The zero-order chi connectivity index (χ0) is 8.10. The summed E-state index contributed by atoms with van der Waals surface area (Å²) in [6.45, 7) is 5.28. The first-order chi connectivity index (χ1) is 5.33. The van der Waals surface area contributed by atoms with Crippen LogP contribution in [0.4, 0.5) is 0 Å². The van der Waals surface area contributed by atoms with Crippen LogP contribution in [-0.4, -0.2) is 6.54 Å². The van der Waals surface area contributed by atoms with Gasteiger partial charge in [0.05, 0.1) is 0 Å². The van der Waals surface area contributed by atoms with Gasteiger partial charge in [0.15, 0.2) is 0 Å². The summed E-state index contributed by atoms with van der Waals surface area (Å²) in [5.74, 6) is 0. The van der Waals surface area contributed by atoms with Gasteiger partial charge in [-0.3, -0.25) is 0 Å². The van der Waals surface area contributed by atoms with E-state index in [1.807, 2.05) is 6.20 Å². The molecule has 1 N–H and O–H groups in total. The van der Waals surface area contributed by atoms with Gasteiger partial charge in [0, 0.05) is 6.54 Å². The van der Waals surface area contributed by atoms with Crippen LogP contribution in [0.15, 0.2) is 35.6 Å². The first-order valence-corrected chi connectivity index (χ1v) is 4.10. The molecule has 1 heterocycles. The van der Waals surface area contributed by atoms with E-state index in [9.17, 15) is 0 Å². The molecule has 0 saturated carbocycles. The number of allylic oxidation sites excluding steroid dienone is 3. The van der Waals surface area contributed by atoms with Crippen molar-refractivity contribution >= 4 is 0 Å². The zero-order valence-electron chi connectivity index (χ0n) is 7.22. The van der Waals surface area contributed by atoms with E-state index in [2.05, 4.69) is 37.4 Å². The normalized spacial score (nSPS) is 20.9. The van der Waals surface area contributed by atoms with Gasteiger partial charge in [0.25, 0.3) is 0 Å². The molecule has 0 bridgehead atoms. The Bertz CT molecular complexity index is 209. The third-order valence-electron chi connectivity index (χ3n) is 1.66. The third kappa shape index (κ3) is 2.62. The number of nitrogens with one attached hydrogen (secondary N) is 1. The van der Waals surface area contributed by atoms with E-state index in [-0.39, 0.29) is 0 Å². The number of rotatable bonds is 2.